The van der Waals surface area contributed by atoms with Gasteiger partial charge >= 0.3 is 0 Å². The molecule has 4 bridgehead atoms. The van der Waals surface area contributed by atoms with E-state index in [0.717, 1.165) is 24.0 Å². The fourth-order valence-corrected chi connectivity index (χ4v) is 6.78. The van der Waals surface area contributed by atoms with Crippen molar-refractivity contribution < 1.29 is 5.11 Å². The lowest BCUT2D eigenvalue weighted by molar-refractivity contribution is -0.117. The fraction of sp³-hybridized carbons (Fsp3) is 1.00. The van der Waals surface area contributed by atoms with Crippen LogP contribution in [0.25, 0.3) is 0 Å². The molecule has 3 heteroatoms. The van der Waals surface area contributed by atoms with E-state index in [1.807, 2.05) is 11.8 Å². The molecule has 2 atom stereocenters. The summed E-state index contributed by atoms with van der Waals surface area (Å²) in [7, 11) is 0. The van der Waals surface area contributed by atoms with Crippen LogP contribution in [0, 0.1) is 16.7 Å². The Balaban J connectivity index is 1.61. The van der Waals surface area contributed by atoms with E-state index >= 15 is 0 Å². The summed E-state index contributed by atoms with van der Waals surface area (Å²) < 4.78 is 0. The topological polar surface area (TPSA) is 32.3 Å². The summed E-state index contributed by atoms with van der Waals surface area (Å²) in [5.41, 5.74) is 1.67. The van der Waals surface area contributed by atoms with Gasteiger partial charge in [0.1, 0.15) is 0 Å². The lowest BCUT2D eigenvalue weighted by Gasteiger charge is -2.65. The Bertz CT molecular complexity index is 328. The molecular weight excluding hydrogens is 254 g/mol. The largest absolute Gasteiger partial charge is 0.396 e. The van der Waals surface area contributed by atoms with Gasteiger partial charge in [-0.15, -0.1) is 0 Å². The highest BCUT2D eigenvalue weighted by atomic mass is 32.2. The van der Waals surface area contributed by atoms with Crippen molar-refractivity contribution in [2.75, 3.05) is 24.7 Å². The van der Waals surface area contributed by atoms with Crippen molar-refractivity contribution in [3.63, 3.8) is 0 Å². The molecule has 0 heterocycles. The van der Waals surface area contributed by atoms with Crippen molar-refractivity contribution in [1.82, 2.24) is 5.32 Å². The maximum atomic E-state index is 8.82. The molecule has 4 saturated carbocycles. The molecule has 0 saturated heterocycles. The van der Waals surface area contributed by atoms with E-state index in [4.69, 9.17) is 5.11 Å². The van der Waals surface area contributed by atoms with Crippen molar-refractivity contribution in [3.05, 3.63) is 0 Å². The summed E-state index contributed by atoms with van der Waals surface area (Å²) >= 11 is 1.87. The molecule has 4 aliphatic carbocycles. The van der Waals surface area contributed by atoms with E-state index in [1.54, 1.807) is 0 Å². The Labute approximate surface area is 122 Å². The van der Waals surface area contributed by atoms with Crippen LogP contribution in [0.5, 0.6) is 0 Å². The van der Waals surface area contributed by atoms with Gasteiger partial charge in [0, 0.05) is 23.6 Å². The maximum Gasteiger partial charge on any atom is 0.0521 e. The van der Waals surface area contributed by atoms with E-state index in [-0.39, 0.29) is 0 Å². The van der Waals surface area contributed by atoms with Crippen LogP contribution in [-0.2, 0) is 0 Å². The molecule has 0 aliphatic heterocycles. The molecule has 2 unspecified atom stereocenters. The Kier molecular flexibility index (Phi) is 3.68. The molecule has 4 rings (SSSR count). The SMILES string of the molecule is CC12CC3CC(C)(C1)CC(NCCSCCO)(C3)C2. The quantitative estimate of drug-likeness (QED) is 0.735. The van der Waals surface area contributed by atoms with E-state index < -0.39 is 0 Å². The highest BCUT2D eigenvalue weighted by Crippen LogP contribution is 2.66. The van der Waals surface area contributed by atoms with Crippen molar-refractivity contribution in [2.24, 2.45) is 16.7 Å². The molecular formula is C16H29NOS. The minimum absolute atomic E-state index is 0.314. The average Bonchev–Trinajstić information content (AvgIpc) is 2.23. The number of rotatable bonds is 6. The Morgan fingerprint density at radius 2 is 1.74 bits per heavy atom. The third-order valence-corrected chi connectivity index (χ3v) is 6.57. The fourth-order valence-electron chi connectivity index (χ4n) is 6.20. The van der Waals surface area contributed by atoms with Gasteiger partial charge in [-0.1, -0.05) is 13.8 Å². The first-order chi connectivity index (χ1) is 8.97. The molecule has 0 spiro atoms. The summed E-state index contributed by atoms with van der Waals surface area (Å²) in [5, 5.41) is 12.8. The molecule has 0 aromatic heterocycles. The first-order valence-corrected chi connectivity index (χ1v) is 9.06. The second-order valence-corrected chi connectivity index (χ2v) is 9.40. The van der Waals surface area contributed by atoms with Crippen molar-refractivity contribution in [1.29, 1.82) is 0 Å². The predicted molar refractivity (Wildman–Crippen MR) is 82.6 cm³/mol. The third kappa shape index (κ3) is 2.84. The van der Waals surface area contributed by atoms with E-state index in [1.165, 1.54) is 38.5 Å². The lowest BCUT2D eigenvalue weighted by atomic mass is 9.43. The molecule has 4 aliphatic rings. The standard InChI is InChI=1S/C16H29NOS/c1-14-7-13-8-15(2,10-14)12-16(9-13,11-14)17-3-5-19-6-4-18/h13,17-18H,3-12H2,1-2H3. The van der Waals surface area contributed by atoms with Crippen LogP contribution in [0.3, 0.4) is 0 Å². The van der Waals surface area contributed by atoms with Crippen molar-refractivity contribution >= 4 is 11.8 Å². The Morgan fingerprint density at radius 1 is 1.05 bits per heavy atom. The predicted octanol–water partition coefficient (Wildman–Crippen LogP) is 3.05. The average molecular weight is 283 g/mol. The van der Waals surface area contributed by atoms with Crippen LogP contribution in [0.1, 0.15) is 52.4 Å². The second-order valence-electron chi connectivity index (χ2n) is 8.17. The molecule has 0 aromatic carbocycles. The summed E-state index contributed by atoms with van der Waals surface area (Å²) in [6.07, 6.45) is 8.63. The summed E-state index contributed by atoms with van der Waals surface area (Å²) in [4.78, 5) is 0. The van der Waals surface area contributed by atoms with Crippen LogP contribution in [0.2, 0.25) is 0 Å². The van der Waals surface area contributed by atoms with Crippen LogP contribution in [0.15, 0.2) is 0 Å². The number of nitrogens with one attached hydrogen (secondary N) is 1. The van der Waals surface area contributed by atoms with Gasteiger partial charge < -0.3 is 10.4 Å². The Morgan fingerprint density at radius 3 is 2.32 bits per heavy atom. The van der Waals surface area contributed by atoms with Crippen LogP contribution >= 0.6 is 11.8 Å². The molecule has 19 heavy (non-hydrogen) atoms. The van der Waals surface area contributed by atoms with Crippen LogP contribution in [0.4, 0.5) is 0 Å². The summed E-state index contributed by atoms with van der Waals surface area (Å²) in [6.45, 7) is 6.50. The number of hydrogen-bond acceptors (Lipinski definition) is 3. The van der Waals surface area contributed by atoms with Crippen LogP contribution < -0.4 is 5.32 Å². The number of aliphatic hydroxyl groups is 1. The minimum Gasteiger partial charge on any atom is -0.396 e. The Hall–Kier alpha value is 0.270. The van der Waals surface area contributed by atoms with Crippen molar-refractivity contribution in [3.8, 4) is 0 Å². The number of thioether (sulfide) groups is 1. The molecule has 4 fully saturated rings. The lowest BCUT2D eigenvalue weighted by Crippen LogP contribution is -2.64. The number of hydrogen-bond donors (Lipinski definition) is 2. The van der Waals surface area contributed by atoms with E-state index in [9.17, 15) is 0 Å². The van der Waals surface area contributed by atoms with Gasteiger partial charge in [-0.05, 0) is 55.3 Å². The van der Waals surface area contributed by atoms with Gasteiger partial charge in [-0.3, -0.25) is 0 Å². The third-order valence-electron chi connectivity index (χ3n) is 5.61. The summed E-state index contributed by atoms with van der Waals surface area (Å²) in [5.74, 6) is 3.00. The zero-order chi connectivity index (χ0) is 13.6. The zero-order valence-electron chi connectivity index (χ0n) is 12.5. The van der Waals surface area contributed by atoms with E-state index in [2.05, 4.69) is 19.2 Å². The molecule has 0 radical (unpaired) electrons. The minimum atomic E-state index is 0.314. The molecule has 110 valence electrons. The summed E-state index contributed by atoms with van der Waals surface area (Å²) in [6, 6.07) is 0. The van der Waals surface area contributed by atoms with Crippen LogP contribution in [-0.4, -0.2) is 35.3 Å². The van der Waals surface area contributed by atoms with Gasteiger partial charge in [0.05, 0.1) is 6.61 Å². The first kappa shape index (κ1) is 14.2. The highest BCUT2D eigenvalue weighted by Gasteiger charge is 2.59. The molecule has 0 aromatic rings. The van der Waals surface area contributed by atoms with Gasteiger partial charge in [0.2, 0.25) is 0 Å². The maximum absolute atomic E-state index is 8.82. The normalized spacial score (nSPS) is 47.8. The molecule has 2 N–H and O–H groups in total. The van der Waals surface area contributed by atoms with E-state index in [0.29, 0.717) is 23.0 Å². The van der Waals surface area contributed by atoms with Gasteiger partial charge in [-0.25, -0.2) is 0 Å². The van der Waals surface area contributed by atoms with Gasteiger partial charge in [0.25, 0.3) is 0 Å². The zero-order valence-corrected chi connectivity index (χ0v) is 13.3. The van der Waals surface area contributed by atoms with Crippen molar-refractivity contribution in [2.45, 2.75) is 57.9 Å². The second kappa shape index (κ2) is 4.92. The monoisotopic (exact) mass is 283 g/mol. The molecule has 2 nitrogen and oxygen atoms in total. The van der Waals surface area contributed by atoms with Gasteiger partial charge in [-0.2, -0.15) is 11.8 Å². The smallest absolute Gasteiger partial charge is 0.0521 e. The highest BCUT2D eigenvalue weighted by molar-refractivity contribution is 7.99. The number of aliphatic hydroxyl groups excluding tert-OH is 1. The first-order valence-electron chi connectivity index (χ1n) is 7.90. The molecule has 0 amide bonds. The van der Waals surface area contributed by atoms with Gasteiger partial charge in [0.15, 0.2) is 0 Å².